The summed E-state index contributed by atoms with van der Waals surface area (Å²) in [5.41, 5.74) is 10.3. The predicted molar refractivity (Wildman–Crippen MR) is 96.6 cm³/mol. The second kappa shape index (κ2) is 6.42. The average Bonchev–Trinajstić information content (AvgIpc) is 2.57. The number of nitriles is 1. The summed E-state index contributed by atoms with van der Waals surface area (Å²) in [5.74, 6) is -0.205. The van der Waals surface area contributed by atoms with E-state index in [4.69, 9.17) is 5.73 Å². The molecule has 0 atom stereocenters. The minimum atomic E-state index is -0.363. The highest BCUT2D eigenvalue weighted by molar-refractivity contribution is 9.10. The van der Waals surface area contributed by atoms with Crippen molar-refractivity contribution >= 4 is 21.7 Å². The first kappa shape index (κ1) is 16.2. The highest BCUT2D eigenvalue weighted by Gasteiger charge is 2.14. The number of rotatable bonds is 2. The fourth-order valence-corrected chi connectivity index (χ4v) is 2.82. The van der Waals surface area contributed by atoms with Crippen LogP contribution in [0, 0.1) is 24.1 Å². The Morgan fingerprint density at radius 2 is 1.75 bits per heavy atom. The molecule has 24 heavy (non-hydrogen) atoms. The maximum atomic E-state index is 13.5. The van der Waals surface area contributed by atoms with Crippen molar-refractivity contribution in [3.05, 3.63) is 69.9 Å². The molecule has 0 amide bonds. The van der Waals surface area contributed by atoms with E-state index in [9.17, 15) is 9.65 Å². The molecule has 3 aromatic rings. The van der Waals surface area contributed by atoms with Gasteiger partial charge in [-0.2, -0.15) is 5.26 Å². The third kappa shape index (κ3) is 3.01. The van der Waals surface area contributed by atoms with Gasteiger partial charge in [0.25, 0.3) is 0 Å². The van der Waals surface area contributed by atoms with Crippen LogP contribution in [-0.2, 0) is 0 Å². The molecule has 0 fully saturated rings. The molecule has 0 aliphatic rings. The van der Waals surface area contributed by atoms with Crippen LogP contribution in [0.5, 0.6) is 0 Å². The monoisotopic (exact) mass is 381 g/mol. The van der Waals surface area contributed by atoms with Crippen LogP contribution >= 0.6 is 15.9 Å². The first-order chi connectivity index (χ1) is 11.5. The van der Waals surface area contributed by atoms with Crippen molar-refractivity contribution in [2.75, 3.05) is 5.73 Å². The van der Waals surface area contributed by atoms with Gasteiger partial charge >= 0.3 is 0 Å². The molecule has 0 spiro atoms. The smallest absolute Gasteiger partial charge is 0.142 e. The van der Waals surface area contributed by atoms with E-state index in [-0.39, 0.29) is 17.2 Å². The van der Waals surface area contributed by atoms with Crippen LogP contribution in [0.3, 0.4) is 0 Å². The maximum absolute atomic E-state index is 13.5. The molecule has 2 aromatic carbocycles. The molecule has 0 radical (unpaired) electrons. The zero-order valence-corrected chi connectivity index (χ0v) is 14.4. The summed E-state index contributed by atoms with van der Waals surface area (Å²) in [6.45, 7) is 2.01. The van der Waals surface area contributed by atoms with Gasteiger partial charge in [-0.1, -0.05) is 35.9 Å². The van der Waals surface area contributed by atoms with E-state index < -0.39 is 0 Å². The fraction of sp³-hybridized carbons (Fsp3) is 0.0526. The number of hydrogen-bond acceptors (Lipinski definition) is 3. The first-order valence-corrected chi connectivity index (χ1v) is 8.02. The SMILES string of the molecule is Cc1ccc(-c2cc(-c3ccc(F)c(Br)c3)c(C#N)c(N)n2)cc1. The molecule has 0 bridgehead atoms. The molecule has 0 aliphatic heterocycles. The molecule has 0 saturated carbocycles. The average molecular weight is 382 g/mol. The quantitative estimate of drug-likeness (QED) is 0.672. The number of pyridine rings is 1. The van der Waals surface area contributed by atoms with E-state index in [0.717, 1.165) is 11.1 Å². The molecule has 0 unspecified atom stereocenters. The van der Waals surface area contributed by atoms with Crippen LogP contribution in [-0.4, -0.2) is 4.98 Å². The molecule has 1 heterocycles. The Hall–Kier alpha value is -2.71. The Kier molecular flexibility index (Phi) is 4.32. The molecule has 2 N–H and O–H groups in total. The lowest BCUT2D eigenvalue weighted by Gasteiger charge is -2.11. The van der Waals surface area contributed by atoms with E-state index in [1.54, 1.807) is 18.2 Å². The van der Waals surface area contributed by atoms with Gasteiger partial charge in [0, 0.05) is 11.1 Å². The van der Waals surface area contributed by atoms with Crippen LogP contribution in [0.2, 0.25) is 0 Å². The first-order valence-electron chi connectivity index (χ1n) is 7.22. The molecule has 3 rings (SSSR count). The van der Waals surface area contributed by atoms with Crippen molar-refractivity contribution < 1.29 is 4.39 Å². The molecular formula is C19H13BrFN3. The summed E-state index contributed by atoms with van der Waals surface area (Å²) < 4.78 is 13.8. The van der Waals surface area contributed by atoms with E-state index >= 15 is 0 Å². The fourth-order valence-electron chi connectivity index (χ4n) is 2.45. The van der Waals surface area contributed by atoms with Gasteiger partial charge in [-0.05, 0) is 46.6 Å². The van der Waals surface area contributed by atoms with E-state index in [1.165, 1.54) is 6.07 Å². The van der Waals surface area contributed by atoms with Crippen LogP contribution in [0.25, 0.3) is 22.4 Å². The van der Waals surface area contributed by atoms with Crippen LogP contribution < -0.4 is 5.73 Å². The third-order valence-corrected chi connectivity index (χ3v) is 4.34. The van der Waals surface area contributed by atoms with Crippen molar-refractivity contribution in [2.24, 2.45) is 0 Å². The number of nitrogen functional groups attached to an aromatic ring is 1. The minimum Gasteiger partial charge on any atom is -0.383 e. The van der Waals surface area contributed by atoms with Crippen LogP contribution in [0.1, 0.15) is 11.1 Å². The van der Waals surface area contributed by atoms with E-state index in [1.807, 2.05) is 31.2 Å². The number of anilines is 1. The van der Waals surface area contributed by atoms with Gasteiger partial charge in [0.2, 0.25) is 0 Å². The molecule has 1 aromatic heterocycles. The lowest BCUT2D eigenvalue weighted by Crippen LogP contribution is -2.00. The third-order valence-electron chi connectivity index (χ3n) is 3.74. The number of aromatic nitrogens is 1. The standard InChI is InChI=1S/C19H13BrFN3/c1-11-2-4-12(5-3-11)18-9-14(15(10-22)19(23)24-18)13-6-7-17(21)16(20)8-13/h2-9H,1H3,(H2,23,24). The Bertz CT molecular complexity index is 960. The van der Waals surface area contributed by atoms with Crippen molar-refractivity contribution in [1.82, 2.24) is 4.98 Å². The number of nitrogens with zero attached hydrogens (tertiary/aromatic N) is 2. The summed E-state index contributed by atoms with van der Waals surface area (Å²) in [5, 5.41) is 9.43. The van der Waals surface area contributed by atoms with E-state index in [0.29, 0.717) is 21.3 Å². The number of halogens is 2. The van der Waals surface area contributed by atoms with Gasteiger partial charge in [0.05, 0.1) is 10.2 Å². The normalized spacial score (nSPS) is 10.4. The lowest BCUT2D eigenvalue weighted by atomic mass is 9.98. The van der Waals surface area contributed by atoms with E-state index in [2.05, 4.69) is 27.0 Å². The largest absolute Gasteiger partial charge is 0.383 e. The zero-order valence-electron chi connectivity index (χ0n) is 12.8. The predicted octanol–water partition coefficient (Wildman–Crippen LogP) is 5.08. The zero-order chi connectivity index (χ0) is 17.3. The number of nitrogens with two attached hydrogens (primary N) is 1. The molecule has 118 valence electrons. The maximum Gasteiger partial charge on any atom is 0.142 e. The number of benzene rings is 2. The van der Waals surface area contributed by atoms with Gasteiger partial charge in [-0.3, -0.25) is 0 Å². The summed E-state index contributed by atoms with van der Waals surface area (Å²) in [6, 6.07) is 16.4. The Morgan fingerprint density at radius 1 is 1.08 bits per heavy atom. The molecular weight excluding hydrogens is 369 g/mol. The van der Waals surface area contributed by atoms with Gasteiger partial charge in [-0.15, -0.1) is 0 Å². The second-order valence-corrected chi connectivity index (χ2v) is 6.28. The highest BCUT2D eigenvalue weighted by atomic mass is 79.9. The van der Waals surface area contributed by atoms with Crippen molar-refractivity contribution in [3.63, 3.8) is 0 Å². The number of aryl methyl sites for hydroxylation is 1. The summed E-state index contributed by atoms with van der Waals surface area (Å²) in [6.07, 6.45) is 0. The van der Waals surface area contributed by atoms with Crippen molar-refractivity contribution in [3.8, 4) is 28.5 Å². The molecule has 3 nitrogen and oxygen atoms in total. The topological polar surface area (TPSA) is 62.7 Å². The number of hydrogen-bond donors (Lipinski definition) is 1. The lowest BCUT2D eigenvalue weighted by molar-refractivity contribution is 0.621. The molecule has 5 heteroatoms. The van der Waals surface area contributed by atoms with Crippen LogP contribution in [0.4, 0.5) is 10.2 Å². The minimum absolute atomic E-state index is 0.158. The summed E-state index contributed by atoms with van der Waals surface area (Å²) in [7, 11) is 0. The summed E-state index contributed by atoms with van der Waals surface area (Å²) >= 11 is 3.17. The van der Waals surface area contributed by atoms with Crippen molar-refractivity contribution in [2.45, 2.75) is 6.92 Å². The Balaban J connectivity index is 2.22. The van der Waals surface area contributed by atoms with Gasteiger partial charge in [0.1, 0.15) is 23.3 Å². The van der Waals surface area contributed by atoms with Gasteiger partial charge < -0.3 is 5.73 Å². The highest BCUT2D eigenvalue weighted by Crippen LogP contribution is 2.33. The van der Waals surface area contributed by atoms with Gasteiger partial charge in [-0.25, -0.2) is 9.37 Å². The molecule has 0 saturated heterocycles. The van der Waals surface area contributed by atoms with Crippen LogP contribution in [0.15, 0.2) is 53.0 Å². The summed E-state index contributed by atoms with van der Waals surface area (Å²) in [4.78, 5) is 4.34. The molecule has 0 aliphatic carbocycles. The second-order valence-electron chi connectivity index (χ2n) is 5.42. The van der Waals surface area contributed by atoms with Gasteiger partial charge in [0.15, 0.2) is 0 Å². The Morgan fingerprint density at radius 3 is 2.38 bits per heavy atom. The Labute approximate surface area is 147 Å². The van der Waals surface area contributed by atoms with Crippen molar-refractivity contribution in [1.29, 1.82) is 5.26 Å².